The van der Waals surface area contributed by atoms with E-state index < -0.39 is 5.97 Å². The van der Waals surface area contributed by atoms with E-state index in [0.717, 1.165) is 25.2 Å². The standard InChI is InChI=1S/C14H20O2S2/c1-2-4-10-6-7-11(14(15)16)12(9-10)18-13-5-3-8-17-13/h3,5,8,10-12H,2,4,6-7,9H2,1H3,(H,15,16). The van der Waals surface area contributed by atoms with Gasteiger partial charge in [-0.25, -0.2) is 0 Å². The van der Waals surface area contributed by atoms with Crippen molar-refractivity contribution in [3.8, 4) is 0 Å². The second-order valence-electron chi connectivity index (χ2n) is 5.00. The minimum Gasteiger partial charge on any atom is -0.481 e. The van der Waals surface area contributed by atoms with Crippen LogP contribution in [0, 0.1) is 11.8 Å². The van der Waals surface area contributed by atoms with Crippen molar-refractivity contribution >= 4 is 29.1 Å². The molecule has 1 saturated carbocycles. The number of hydrogen-bond acceptors (Lipinski definition) is 3. The fourth-order valence-electron chi connectivity index (χ4n) is 2.77. The summed E-state index contributed by atoms with van der Waals surface area (Å²) in [5, 5.41) is 11.7. The lowest BCUT2D eigenvalue weighted by atomic mass is 9.80. The van der Waals surface area contributed by atoms with E-state index in [0.29, 0.717) is 0 Å². The van der Waals surface area contributed by atoms with E-state index in [1.807, 2.05) is 6.07 Å². The molecular formula is C14H20O2S2. The van der Waals surface area contributed by atoms with Crippen LogP contribution in [0.15, 0.2) is 21.7 Å². The van der Waals surface area contributed by atoms with Crippen LogP contribution in [0.4, 0.5) is 0 Å². The smallest absolute Gasteiger partial charge is 0.307 e. The van der Waals surface area contributed by atoms with Crippen LogP contribution in [0.1, 0.15) is 39.0 Å². The molecule has 1 fully saturated rings. The maximum Gasteiger partial charge on any atom is 0.307 e. The summed E-state index contributed by atoms with van der Waals surface area (Å²) < 4.78 is 1.25. The van der Waals surface area contributed by atoms with Gasteiger partial charge in [-0.1, -0.05) is 25.8 Å². The van der Waals surface area contributed by atoms with Gasteiger partial charge in [0, 0.05) is 5.25 Å². The van der Waals surface area contributed by atoms with Crippen molar-refractivity contribution in [2.45, 2.75) is 48.5 Å². The average Bonchev–Trinajstić information content (AvgIpc) is 2.82. The van der Waals surface area contributed by atoms with E-state index in [9.17, 15) is 9.90 Å². The Morgan fingerprint density at radius 3 is 3.00 bits per heavy atom. The number of carboxylic acids is 1. The highest BCUT2D eigenvalue weighted by atomic mass is 32.2. The third kappa shape index (κ3) is 3.51. The third-order valence-electron chi connectivity index (χ3n) is 3.68. The van der Waals surface area contributed by atoms with Gasteiger partial charge < -0.3 is 5.11 Å². The Bertz CT molecular complexity index is 375. The van der Waals surface area contributed by atoms with Crippen molar-refractivity contribution in [3.63, 3.8) is 0 Å². The summed E-state index contributed by atoms with van der Waals surface area (Å²) in [7, 11) is 0. The Morgan fingerprint density at radius 2 is 2.39 bits per heavy atom. The summed E-state index contributed by atoms with van der Waals surface area (Å²) in [5.74, 6) is -0.0488. The van der Waals surface area contributed by atoms with Crippen LogP contribution in [0.2, 0.25) is 0 Å². The quantitative estimate of drug-likeness (QED) is 0.864. The summed E-state index contributed by atoms with van der Waals surface area (Å²) in [4.78, 5) is 11.3. The predicted octanol–water partition coefficient (Wildman–Crippen LogP) is 4.51. The van der Waals surface area contributed by atoms with Gasteiger partial charge in [0.2, 0.25) is 0 Å². The van der Waals surface area contributed by atoms with E-state index in [1.165, 1.54) is 17.1 Å². The number of rotatable bonds is 5. The highest BCUT2D eigenvalue weighted by Crippen LogP contribution is 2.42. The summed E-state index contributed by atoms with van der Waals surface area (Å²) in [6.07, 6.45) is 5.45. The molecular weight excluding hydrogens is 264 g/mol. The summed E-state index contributed by atoms with van der Waals surface area (Å²) >= 11 is 3.49. The molecule has 1 aromatic heterocycles. The first-order valence-corrected chi connectivity index (χ1v) is 8.39. The topological polar surface area (TPSA) is 37.3 Å². The van der Waals surface area contributed by atoms with Crippen molar-refractivity contribution < 1.29 is 9.90 Å². The van der Waals surface area contributed by atoms with Crippen molar-refractivity contribution in [3.05, 3.63) is 17.5 Å². The van der Waals surface area contributed by atoms with Gasteiger partial charge in [-0.15, -0.1) is 23.1 Å². The normalized spacial score (nSPS) is 28.2. The molecule has 18 heavy (non-hydrogen) atoms. The molecule has 0 amide bonds. The molecule has 1 heterocycles. The SMILES string of the molecule is CCCC1CCC(C(=O)O)C(Sc2cccs2)C1. The Labute approximate surface area is 117 Å². The van der Waals surface area contributed by atoms with Gasteiger partial charge in [0.05, 0.1) is 10.1 Å². The molecule has 3 unspecified atom stereocenters. The fraction of sp³-hybridized carbons (Fsp3) is 0.643. The van der Waals surface area contributed by atoms with Gasteiger partial charge in [-0.2, -0.15) is 0 Å². The number of aliphatic carboxylic acids is 1. The van der Waals surface area contributed by atoms with Crippen molar-refractivity contribution in [2.24, 2.45) is 11.8 Å². The maximum absolute atomic E-state index is 11.3. The predicted molar refractivity (Wildman–Crippen MR) is 77.3 cm³/mol. The molecule has 2 rings (SSSR count). The van der Waals surface area contributed by atoms with E-state index in [2.05, 4.69) is 18.4 Å². The Kier molecular flexibility index (Phi) is 5.13. The minimum absolute atomic E-state index is 0.162. The van der Waals surface area contributed by atoms with Crippen LogP contribution in [0.25, 0.3) is 0 Å². The fourth-order valence-corrected chi connectivity index (χ4v) is 5.22. The highest BCUT2D eigenvalue weighted by molar-refractivity contribution is 8.01. The lowest BCUT2D eigenvalue weighted by Crippen LogP contribution is -2.32. The molecule has 3 atom stereocenters. The Balaban J connectivity index is 2.02. The van der Waals surface area contributed by atoms with Crippen LogP contribution < -0.4 is 0 Å². The lowest BCUT2D eigenvalue weighted by Gasteiger charge is -2.33. The van der Waals surface area contributed by atoms with Crippen molar-refractivity contribution in [1.29, 1.82) is 0 Å². The summed E-state index contributed by atoms with van der Waals surface area (Å²) in [6.45, 7) is 2.21. The first-order valence-electron chi connectivity index (χ1n) is 6.63. The van der Waals surface area contributed by atoms with E-state index in [-0.39, 0.29) is 11.2 Å². The second-order valence-corrected chi connectivity index (χ2v) is 7.49. The molecule has 1 aliphatic rings. The number of thiophene rings is 1. The lowest BCUT2D eigenvalue weighted by molar-refractivity contribution is -0.142. The first-order chi connectivity index (χ1) is 8.70. The van der Waals surface area contributed by atoms with Crippen LogP contribution >= 0.6 is 23.1 Å². The van der Waals surface area contributed by atoms with Gasteiger partial charge >= 0.3 is 5.97 Å². The van der Waals surface area contributed by atoms with Gasteiger partial charge in [0.1, 0.15) is 0 Å². The second kappa shape index (κ2) is 6.62. The van der Waals surface area contributed by atoms with Crippen LogP contribution in [0.3, 0.4) is 0 Å². The molecule has 0 aromatic carbocycles. The number of carbonyl (C=O) groups is 1. The zero-order valence-electron chi connectivity index (χ0n) is 10.7. The van der Waals surface area contributed by atoms with Crippen molar-refractivity contribution in [1.82, 2.24) is 0 Å². The largest absolute Gasteiger partial charge is 0.481 e. The van der Waals surface area contributed by atoms with E-state index in [1.54, 1.807) is 23.1 Å². The van der Waals surface area contributed by atoms with Gasteiger partial charge in [0.25, 0.3) is 0 Å². The van der Waals surface area contributed by atoms with Gasteiger partial charge in [-0.3, -0.25) is 4.79 Å². The molecule has 1 aromatic rings. The highest BCUT2D eigenvalue weighted by Gasteiger charge is 2.35. The average molecular weight is 284 g/mol. The zero-order chi connectivity index (χ0) is 13.0. The van der Waals surface area contributed by atoms with Gasteiger partial charge in [0.15, 0.2) is 0 Å². The van der Waals surface area contributed by atoms with Crippen LogP contribution in [-0.4, -0.2) is 16.3 Å². The molecule has 4 heteroatoms. The summed E-state index contributed by atoms with van der Waals surface area (Å²) in [6, 6.07) is 4.13. The molecule has 0 aliphatic heterocycles. The van der Waals surface area contributed by atoms with E-state index in [4.69, 9.17) is 0 Å². The zero-order valence-corrected chi connectivity index (χ0v) is 12.3. The van der Waals surface area contributed by atoms with Gasteiger partial charge in [-0.05, 0) is 36.6 Å². The molecule has 0 radical (unpaired) electrons. The minimum atomic E-state index is -0.612. The van der Waals surface area contributed by atoms with Crippen LogP contribution in [0.5, 0.6) is 0 Å². The third-order valence-corrected chi connectivity index (χ3v) is 6.11. The number of carboxylic acid groups (broad SMARTS) is 1. The molecule has 0 bridgehead atoms. The molecule has 1 aliphatic carbocycles. The molecule has 0 saturated heterocycles. The van der Waals surface area contributed by atoms with Crippen molar-refractivity contribution in [2.75, 3.05) is 0 Å². The van der Waals surface area contributed by atoms with E-state index >= 15 is 0 Å². The van der Waals surface area contributed by atoms with Crippen LogP contribution in [-0.2, 0) is 4.79 Å². The number of hydrogen-bond donors (Lipinski definition) is 1. The molecule has 100 valence electrons. The first kappa shape index (κ1) is 13.9. The maximum atomic E-state index is 11.3. The molecule has 2 nitrogen and oxygen atoms in total. The Morgan fingerprint density at radius 1 is 1.56 bits per heavy atom. The summed E-state index contributed by atoms with van der Waals surface area (Å²) in [5.41, 5.74) is 0. The number of thioether (sulfide) groups is 1. The molecule has 1 N–H and O–H groups in total. The Hall–Kier alpha value is -0.480. The molecule has 0 spiro atoms. The monoisotopic (exact) mass is 284 g/mol.